The van der Waals surface area contributed by atoms with E-state index in [-0.39, 0.29) is 0 Å². The molecule has 0 fully saturated rings. The van der Waals surface area contributed by atoms with Crippen LogP contribution in [0.1, 0.15) is 43.6 Å². The molecule has 1 heterocycles. The molecular formula is C15H29N3O. The lowest BCUT2D eigenvalue weighted by Crippen LogP contribution is -2.25. The first-order chi connectivity index (χ1) is 9.06. The number of unbranched alkanes of at least 4 members (excludes halogenated alkanes) is 1. The van der Waals surface area contributed by atoms with Crippen molar-refractivity contribution in [1.82, 2.24) is 15.1 Å². The molecule has 0 bridgehead atoms. The average molecular weight is 267 g/mol. The van der Waals surface area contributed by atoms with Gasteiger partial charge in [0.25, 0.3) is 0 Å². The summed E-state index contributed by atoms with van der Waals surface area (Å²) in [5.74, 6) is 0. The van der Waals surface area contributed by atoms with Crippen LogP contribution in [0.25, 0.3) is 0 Å². The van der Waals surface area contributed by atoms with Gasteiger partial charge in [0.2, 0.25) is 0 Å². The van der Waals surface area contributed by atoms with Crippen LogP contribution in [-0.4, -0.2) is 36.1 Å². The molecule has 110 valence electrons. The Balaban J connectivity index is 2.51. The van der Waals surface area contributed by atoms with Crippen molar-refractivity contribution < 1.29 is 4.74 Å². The molecule has 0 radical (unpaired) electrons. The highest BCUT2D eigenvalue weighted by Gasteiger charge is 2.10. The fourth-order valence-corrected chi connectivity index (χ4v) is 2.31. The van der Waals surface area contributed by atoms with Gasteiger partial charge in [-0.15, -0.1) is 0 Å². The van der Waals surface area contributed by atoms with Crippen molar-refractivity contribution in [3.63, 3.8) is 0 Å². The second-order valence-electron chi connectivity index (χ2n) is 5.43. The van der Waals surface area contributed by atoms with Gasteiger partial charge in [0.05, 0.1) is 5.69 Å². The summed E-state index contributed by atoms with van der Waals surface area (Å²) < 4.78 is 7.23. The molecule has 0 unspecified atom stereocenters. The molecule has 0 saturated heterocycles. The highest BCUT2D eigenvalue weighted by Crippen LogP contribution is 2.14. The lowest BCUT2D eigenvalue weighted by Gasteiger charge is -2.08. The van der Waals surface area contributed by atoms with E-state index >= 15 is 0 Å². The zero-order valence-electron chi connectivity index (χ0n) is 13.1. The number of methoxy groups -OCH3 is 1. The minimum Gasteiger partial charge on any atom is -0.385 e. The summed E-state index contributed by atoms with van der Waals surface area (Å²) >= 11 is 0. The van der Waals surface area contributed by atoms with Crippen LogP contribution in [0.3, 0.4) is 0 Å². The monoisotopic (exact) mass is 267 g/mol. The van der Waals surface area contributed by atoms with E-state index < -0.39 is 0 Å². The predicted octanol–water partition coefficient (Wildman–Crippen LogP) is 2.47. The van der Waals surface area contributed by atoms with Crippen molar-refractivity contribution in [2.24, 2.45) is 0 Å². The molecule has 4 nitrogen and oxygen atoms in total. The quantitative estimate of drug-likeness (QED) is 0.699. The van der Waals surface area contributed by atoms with Crippen LogP contribution in [-0.2, 0) is 17.7 Å². The first-order valence-electron chi connectivity index (χ1n) is 7.31. The van der Waals surface area contributed by atoms with E-state index in [4.69, 9.17) is 4.74 Å². The van der Waals surface area contributed by atoms with Crippen molar-refractivity contribution in [1.29, 1.82) is 0 Å². The Morgan fingerprint density at radius 3 is 2.63 bits per heavy atom. The molecule has 0 aromatic carbocycles. The number of nitrogens with zero attached hydrogens (tertiary/aromatic N) is 2. The summed E-state index contributed by atoms with van der Waals surface area (Å²) in [6.45, 7) is 11.5. The first kappa shape index (κ1) is 16.2. The van der Waals surface area contributed by atoms with Gasteiger partial charge in [0, 0.05) is 32.0 Å². The Morgan fingerprint density at radius 1 is 1.26 bits per heavy atom. The Labute approximate surface area is 117 Å². The van der Waals surface area contributed by atoms with Crippen LogP contribution < -0.4 is 5.32 Å². The summed E-state index contributed by atoms with van der Waals surface area (Å²) in [4.78, 5) is 0. The lowest BCUT2D eigenvalue weighted by molar-refractivity contribution is 0.191. The molecule has 4 heteroatoms. The molecule has 0 atom stereocenters. The predicted molar refractivity (Wildman–Crippen MR) is 79.7 cm³/mol. The van der Waals surface area contributed by atoms with Crippen LogP contribution in [0.5, 0.6) is 0 Å². The summed E-state index contributed by atoms with van der Waals surface area (Å²) in [7, 11) is 1.75. The van der Waals surface area contributed by atoms with Crippen molar-refractivity contribution in [2.75, 3.05) is 20.3 Å². The maximum Gasteiger partial charge on any atom is 0.0628 e. The van der Waals surface area contributed by atoms with E-state index in [2.05, 4.69) is 42.8 Å². The molecule has 1 aromatic rings. The lowest BCUT2D eigenvalue weighted by atomic mass is 10.1. The number of aromatic nitrogens is 2. The molecule has 0 saturated carbocycles. The van der Waals surface area contributed by atoms with Gasteiger partial charge < -0.3 is 10.1 Å². The van der Waals surface area contributed by atoms with Crippen molar-refractivity contribution in [3.05, 3.63) is 17.0 Å². The number of rotatable bonds is 9. The molecular weight excluding hydrogens is 238 g/mol. The minimum absolute atomic E-state index is 0.546. The van der Waals surface area contributed by atoms with Gasteiger partial charge in [-0.05, 0) is 45.2 Å². The van der Waals surface area contributed by atoms with Crippen LogP contribution in [0, 0.1) is 13.8 Å². The van der Waals surface area contributed by atoms with E-state index in [1.807, 2.05) is 0 Å². The third-order valence-electron chi connectivity index (χ3n) is 3.43. The normalized spacial score (nSPS) is 11.5. The van der Waals surface area contributed by atoms with Gasteiger partial charge in [0.15, 0.2) is 0 Å². The third kappa shape index (κ3) is 5.33. The summed E-state index contributed by atoms with van der Waals surface area (Å²) in [6.07, 6.45) is 3.28. The van der Waals surface area contributed by atoms with Crippen molar-refractivity contribution in [2.45, 2.75) is 59.5 Å². The largest absolute Gasteiger partial charge is 0.385 e. The summed E-state index contributed by atoms with van der Waals surface area (Å²) in [6, 6.07) is 0.546. The van der Waals surface area contributed by atoms with Crippen LogP contribution in [0.15, 0.2) is 0 Å². The molecule has 1 aromatic heterocycles. The number of aryl methyl sites for hydroxylation is 2. The topological polar surface area (TPSA) is 39.1 Å². The first-order valence-corrected chi connectivity index (χ1v) is 7.31. The molecule has 0 amide bonds. The summed E-state index contributed by atoms with van der Waals surface area (Å²) in [5, 5.41) is 8.12. The fraction of sp³-hybridized carbons (Fsp3) is 0.800. The van der Waals surface area contributed by atoms with E-state index in [0.717, 1.165) is 39.0 Å². The second-order valence-corrected chi connectivity index (χ2v) is 5.43. The standard InChI is InChI=1S/C15H29N3O/c1-12(2)16-9-8-15-13(3)17-18(14(15)4)10-6-7-11-19-5/h12,16H,6-11H2,1-5H3. The number of ether oxygens (including phenoxy) is 1. The molecule has 19 heavy (non-hydrogen) atoms. The summed E-state index contributed by atoms with van der Waals surface area (Å²) in [5.41, 5.74) is 3.90. The molecule has 1 N–H and O–H groups in total. The van der Waals surface area contributed by atoms with E-state index in [9.17, 15) is 0 Å². The molecule has 0 aliphatic carbocycles. The van der Waals surface area contributed by atoms with Gasteiger partial charge in [-0.1, -0.05) is 13.8 Å². The third-order valence-corrected chi connectivity index (χ3v) is 3.43. The van der Waals surface area contributed by atoms with Crippen LogP contribution >= 0.6 is 0 Å². The van der Waals surface area contributed by atoms with Gasteiger partial charge >= 0.3 is 0 Å². The van der Waals surface area contributed by atoms with E-state index in [1.54, 1.807) is 7.11 Å². The number of nitrogens with one attached hydrogen (secondary N) is 1. The Kier molecular flexibility index (Phi) is 7.10. The molecule has 0 aliphatic rings. The second kappa shape index (κ2) is 8.33. The minimum atomic E-state index is 0.546. The maximum atomic E-state index is 5.08. The highest BCUT2D eigenvalue weighted by atomic mass is 16.5. The Bertz CT molecular complexity index is 372. The number of hydrogen-bond acceptors (Lipinski definition) is 3. The van der Waals surface area contributed by atoms with Gasteiger partial charge in [0.1, 0.15) is 0 Å². The average Bonchev–Trinajstić information content (AvgIpc) is 2.62. The van der Waals surface area contributed by atoms with E-state index in [1.165, 1.54) is 17.0 Å². The highest BCUT2D eigenvalue weighted by molar-refractivity contribution is 5.24. The fourth-order valence-electron chi connectivity index (χ4n) is 2.31. The molecule has 1 rings (SSSR count). The maximum absolute atomic E-state index is 5.08. The zero-order valence-corrected chi connectivity index (χ0v) is 13.1. The molecule has 0 aliphatic heterocycles. The zero-order chi connectivity index (χ0) is 14.3. The van der Waals surface area contributed by atoms with Crippen molar-refractivity contribution in [3.8, 4) is 0 Å². The Hall–Kier alpha value is -0.870. The van der Waals surface area contributed by atoms with Gasteiger partial charge in [-0.3, -0.25) is 4.68 Å². The van der Waals surface area contributed by atoms with Crippen LogP contribution in [0.2, 0.25) is 0 Å². The van der Waals surface area contributed by atoms with Gasteiger partial charge in [-0.25, -0.2) is 0 Å². The SMILES string of the molecule is COCCCCn1nc(C)c(CCNC(C)C)c1C. The smallest absolute Gasteiger partial charge is 0.0628 e. The van der Waals surface area contributed by atoms with Crippen molar-refractivity contribution >= 4 is 0 Å². The Morgan fingerprint density at radius 2 is 2.00 bits per heavy atom. The molecule has 0 spiro atoms. The van der Waals surface area contributed by atoms with E-state index in [0.29, 0.717) is 6.04 Å². The number of hydrogen-bond donors (Lipinski definition) is 1. The van der Waals surface area contributed by atoms with Crippen LogP contribution in [0.4, 0.5) is 0 Å². The van der Waals surface area contributed by atoms with Gasteiger partial charge in [-0.2, -0.15) is 5.10 Å².